The minimum absolute atomic E-state index is 0.246. The average Bonchev–Trinajstić information content (AvgIpc) is 2.47. The summed E-state index contributed by atoms with van der Waals surface area (Å²) in [5.74, 6) is -0.345. The maximum atomic E-state index is 13.3. The zero-order chi connectivity index (χ0) is 10.1. The van der Waals surface area contributed by atoms with Crippen LogP contribution >= 0.6 is 0 Å². The first-order valence-electron chi connectivity index (χ1n) is 4.21. The highest BCUT2D eigenvalue weighted by Crippen LogP contribution is 2.20. The van der Waals surface area contributed by atoms with Crippen LogP contribution in [0.25, 0.3) is 10.9 Å². The molecule has 0 aliphatic rings. The molecule has 14 heavy (non-hydrogen) atoms. The molecule has 1 aromatic heterocycles. The molecule has 0 spiro atoms. The van der Waals surface area contributed by atoms with E-state index in [4.69, 9.17) is 5.26 Å². The Kier molecular flexibility index (Phi) is 1.93. The molecule has 70 valence electrons. The smallest absolute Gasteiger partial charge is 0.151 e. The number of halogens is 1. The van der Waals surface area contributed by atoms with E-state index in [2.05, 4.69) is 5.10 Å². The van der Waals surface area contributed by atoms with Gasteiger partial charge < -0.3 is 0 Å². The number of nitriles is 1. The Morgan fingerprint density at radius 1 is 1.57 bits per heavy atom. The van der Waals surface area contributed by atoms with E-state index in [-0.39, 0.29) is 12.2 Å². The number of fused-ring (bicyclic) bond motifs is 1. The summed E-state index contributed by atoms with van der Waals surface area (Å²) in [6.45, 7) is 0. The maximum Gasteiger partial charge on any atom is 0.151 e. The molecule has 0 N–H and O–H groups in total. The molecule has 1 aromatic carbocycles. The fourth-order valence-corrected chi connectivity index (χ4v) is 1.52. The van der Waals surface area contributed by atoms with Gasteiger partial charge in [0.05, 0.1) is 18.2 Å². The highest BCUT2D eigenvalue weighted by Gasteiger charge is 2.10. The minimum atomic E-state index is -0.345. The SMILES string of the molecule is Cn1nc2c(F)cccc2c1CC#N. The molecule has 1 heterocycles. The summed E-state index contributed by atoms with van der Waals surface area (Å²) in [5, 5.41) is 13.3. The topological polar surface area (TPSA) is 41.6 Å². The first kappa shape index (κ1) is 8.70. The summed E-state index contributed by atoms with van der Waals surface area (Å²) in [5.41, 5.74) is 1.09. The monoisotopic (exact) mass is 189 g/mol. The molecule has 4 heteroatoms. The molecule has 2 aromatic rings. The first-order valence-corrected chi connectivity index (χ1v) is 4.21. The van der Waals surface area contributed by atoms with Crippen molar-refractivity contribution in [1.29, 1.82) is 5.26 Å². The molecule has 0 unspecified atom stereocenters. The van der Waals surface area contributed by atoms with Crippen LogP contribution in [0.5, 0.6) is 0 Å². The normalized spacial score (nSPS) is 10.4. The van der Waals surface area contributed by atoms with Gasteiger partial charge in [-0.2, -0.15) is 10.4 Å². The maximum absolute atomic E-state index is 13.3. The fourth-order valence-electron chi connectivity index (χ4n) is 1.52. The van der Waals surface area contributed by atoms with Gasteiger partial charge in [-0.25, -0.2) is 4.39 Å². The Morgan fingerprint density at radius 3 is 3.07 bits per heavy atom. The van der Waals surface area contributed by atoms with Crippen LogP contribution in [0, 0.1) is 17.1 Å². The third-order valence-corrected chi connectivity index (χ3v) is 2.18. The molecule has 3 nitrogen and oxygen atoms in total. The Hall–Kier alpha value is -1.89. The van der Waals surface area contributed by atoms with E-state index in [0.717, 1.165) is 5.69 Å². The van der Waals surface area contributed by atoms with Crippen LogP contribution in [0.1, 0.15) is 5.69 Å². The van der Waals surface area contributed by atoms with Crippen molar-refractivity contribution in [3.63, 3.8) is 0 Å². The van der Waals surface area contributed by atoms with E-state index in [1.165, 1.54) is 6.07 Å². The van der Waals surface area contributed by atoms with Gasteiger partial charge >= 0.3 is 0 Å². The van der Waals surface area contributed by atoms with Gasteiger partial charge in [0, 0.05) is 12.4 Å². The van der Waals surface area contributed by atoms with Crippen LogP contribution < -0.4 is 0 Å². The molecular formula is C10H8FN3. The standard InChI is InChI=1S/C10H8FN3/c1-14-9(5-6-12)7-3-2-4-8(11)10(7)13-14/h2-4H,5H2,1H3. The van der Waals surface area contributed by atoms with Crippen molar-refractivity contribution < 1.29 is 4.39 Å². The van der Waals surface area contributed by atoms with Crippen LogP contribution in [0.4, 0.5) is 4.39 Å². The summed E-state index contributed by atoms with van der Waals surface area (Å²) in [6, 6.07) is 6.81. The minimum Gasteiger partial charge on any atom is -0.270 e. The number of hydrogen-bond acceptors (Lipinski definition) is 2. The second-order valence-corrected chi connectivity index (χ2v) is 3.04. The lowest BCUT2D eigenvalue weighted by atomic mass is 10.2. The fraction of sp³-hybridized carbons (Fsp3) is 0.200. The molecule has 0 saturated carbocycles. The van der Waals surface area contributed by atoms with Gasteiger partial charge in [-0.05, 0) is 6.07 Å². The predicted octanol–water partition coefficient (Wildman–Crippen LogP) is 1.78. The summed E-state index contributed by atoms with van der Waals surface area (Å²) in [4.78, 5) is 0. The van der Waals surface area contributed by atoms with Crippen LogP contribution in [-0.4, -0.2) is 9.78 Å². The van der Waals surface area contributed by atoms with Crippen molar-refractivity contribution in [2.24, 2.45) is 7.05 Å². The number of rotatable bonds is 1. The Balaban J connectivity index is 2.78. The van der Waals surface area contributed by atoms with Crippen molar-refractivity contribution in [3.05, 3.63) is 29.7 Å². The van der Waals surface area contributed by atoms with Crippen molar-refractivity contribution in [3.8, 4) is 6.07 Å². The number of aryl methyl sites for hydroxylation is 1. The number of benzene rings is 1. The first-order chi connectivity index (χ1) is 6.74. The van der Waals surface area contributed by atoms with E-state index in [9.17, 15) is 4.39 Å². The third-order valence-electron chi connectivity index (χ3n) is 2.18. The van der Waals surface area contributed by atoms with Gasteiger partial charge in [0.15, 0.2) is 5.82 Å². The summed E-state index contributed by atoms with van der Waals surface area (Å²) >= 11 is 0. The van der Waals surface area contributed by atoms with E-state index in [0.29, 0.717) is 10.9 Å². The van der Waals surface area contributed by atoms with Gasteiger partial charge in [0.1, 0.15) is 5.52 Å². The lowest BCUT2D eigenvalue weighted by Gasteiger charge is -1.94. The zero-order valence-corrected chi connectivity index (χ0v) is 7.66. The molecule has 0 fully saturated rings. The van der Waals surface area contributed by atoms with Crippen LogP contribution in [-0.2, 0) is 13.5 Å². The van der Waals surface area contributed by atoms with E-state index < -0.39 is 0 Å². The molecule has 0 aliphatic carbocycles. The van der Waals surface area contributed by atoms with Crippen LogP contribution in [0.2, 0.25) is 0 Å². The molecule has 0 saturated heterocycles. The second kappa shape index (κ2) is 3.11. The van der Waals surface area contributed by atoms with Gasteiger partial charge in [0.25, 0.3) is 0 Å². The van der Waals surface area contributed by atoms with E-state index in [1.54, 1.807) is 23.9 Å². The van der Waals surface area contributed by atoms with Gasteiger partial charge in [-0.15, -0.1) is 0 Å². The quantitative estimate of drug-likeness (QED) is 0.686. The Bertz CT molecular complexity index is 522. The number of nitrogens with zero attached hydrogens (tertiary/aromatic N) is 3. The Morgan fingerprint density at radius 2 is 2.36 bits per heavy atom. The average molecular weight is 189 g/mol. The van der Waals surface area contributed by atoms with Crippen molar-refractivity contribution in [2.45, 2.75) is 6.42 Å². The molecule has 0 aliphatic heterocycles. The summed E-state index contributed by atoms with van der Waals surface area (Å²) in [6.07, 6.45) is 0.246. The lowest BCUT2D eigenvalue weighted by molar-refractivity contribution is 0.631. The predicted molar refractivity (Wildman–Crippen MR) is 50.0 cm³/mol. The van der Waals surface area contributed by atoms with Gasteiger partial charge in [-0.1, -0.05) is 12.1 Å². The van der Waals surface area contributed by atoms with E-state index in [1.807, 2.05) is 6.07 Å². The Labute approximate surface area is 80.4 Å². The number of hydrogen-bond donors (Lipinski definition) is 0. The van der Waals surface area contributed by atoms with Crippen molar-refractivity contribution in [1.82, 2.24) is 9.78 Å². The number of aromatic nitrogens is 2. The molecular weight excluding hydrogens is 181 g/mol. The highest BCUT2D eigenvalue weighted by atomic mass is 19.1. The largest absolute Gasteiger partial charge is 0.270 e. The third kappa shape index (κ3) is 1.14. The molecule has 0 atom stereocenters. The molecule has 2 rings (SSSR count). The zero-order valence-electron chi connectivity index (χ0n) is 7.66. The molecule has 0 radical (unpaired) electrons. The van der Waals surface area contributed by atoms with Crippen LogP contribution in [0.3, 0.4) is 0 Å². The summed E-state index contributed by atoms with van der Waals surface area (Å²) in [7, 11) is 1.71. The van der Waals surface area contributed by atoms with Crippen LogP contribution in [0.15, 0.2) is 18.2 Å². The lowest BCUT2D eigenvalue weighted by Crippen LogP contribution is -1.96. The van der Waals surface area contributed by atoms with Crippen molar-refractivity contribution >= 4 is 10.9 Å². The summed E-state index contributed by atoms with van der Waals surface area (Å²) < 4.78 is 14.8. The molecule has 0 amide bonds. The van der Waals surface area contributed by atoms with E-state index >= 15 is 0 Å². The van der Waals surface area contributed by atoms with Gasteiger partial charge in [0.2, 0.25) is 0 Å². The highest BCUT2D eigenvalue weighted by molar-refractivity contribution is 5.82. The second-order valence-electron chi connectivity index (χ2n) is 3.04. The molecule has 0 bridgehead atoms. The van der Waals surface area contributed by atoms with Gasteiger partial charge in [-0.3, -0.25) is 4.68 Å². The van der Waals surface area contributed by atoms with Crippen molar-refractivity contribution in [2.75, 3.05) is 0 Å².